The van der Waals surface area contributed by atoms with Gasteiger partial charge in [0.1, 0.15) is 0 Å². The van der Waals surface area contributed by atoms with Crippen LogP contribution in [0.1, 0.15) is 17.5 Å². The van der Waals surface area contributed by atoms with Gasteiger partial charge in [-0.15, -0.1) is 0 Å². The highest BCUT2D eigenvalue weighted by Gasteiger charge is 2.09. The van der Waals surface area contributed by atoms with Crippen molar-refractivity contribution in [1.29, 1.82) is 0 Å². The first-order valence-electron chi connectivity index (χ1n) is 6.14. The normalized spacial score (nSPS) is 10.4. The maximum Gasteiger partial charge on any atom is 0.222 e. The molecule has 2 aromatic rings. The first kappa shape index (κ1) is 14.1. The molecule has 0 saturated carbocycles. The Bertz CT molecular complexity index is 539. The fraction of sp³-hybridized carbons (Fsp3) is 0.267. The summed E-state index contributed by atoms with van der Waals surface area (Å²) in [6.07, 6.45) is 1.36. The van der Waals surface area contributed by atoms with Crippen molar-refractivity contribution < 1.29 is 4.79 Å². The maximum atomic E-state index is 12.0. The van der Waals surface area contributed by atoms with Gasteiger partial charge in [0.2, 0.25) is 5.91 Å². The molecule has 100 valence electrons. The summed E-state index contributed by atoms with van der Waals surface area (Å²) in [6, 6.07) is 9.68. The molecule has 1 amide bonds. The predicted octanol–water partition coefficient (Wildman–Crippen LogP) is 3.99. The van der Waals surface area contributed by atoms with Crippen molar-refractivity contribution in [2.75, 3.05) is 7.05 Å². The second kappa shape index (κ2) is 6.73. The van der Waals surface area contributed by atoms with Crippen molar-refractivity contribution in [3.8, 4) is 0 Å². The molecular weight excluding hydrogens is 278 g/mol. The van der Waals surface area contributed by atoms with Crippen LogP contribution < -0.4 is 0 Å². The van der Waals surface area contributed by atoms with E-state index in [1.165, 1.54) is 5.56 Å². The van der Waals surface area contributed by atoms with Crippen molar-refractivity contribution in [1.82, 2.24) is 4.90 Å². The lowest BCUT2D eigenvalue weighted by molar-refractivity contribution is -0.130. The molecule has 0 aliphatic rings. The van der Waals surface area contributed by atoms with Crippen LogP contribution in [0.2, 0.25) is 5.02 Å². The molecule has 2 nitrogen and oxygen atoms in total. The Kier molecular flexibility index (Phi) is 5.00. The molecule has 0 atom stereocenters. The molecule has 0 fully saturated rings. The van der Waals surface area contributed by atoms with Crippen LogP contribution in [0.5, 0.6) is 0 Å². The molecule has 0 spiro atoms. The van der Waals surface area contributed by atoms with Crippen LogP contribution in [-0.2, 0) is 17.8 Å². The van der Waals surface area contributed by atoms with E-state index in [1.54, 1.807) is 16.2 Å². The van der Waals surface area contributed by atoms with E-state index in [2.05, 4.69) is 11.4 Å². The summed E-state index contributed by atoms with van der Waals surface area (Å²) in [7, 11) is 1.83. The number of halogens is 1. The van der Waals surface area contributed by atoms with Gasteiger partial charge in [-0.05, 0) is 46.5 Å². The fourth-order valence-corrected chi connectivity index (χ4v) is 2.79. The number of carbonyl (C=O) groups is 1. The highest BCUT2D eigenvalue weighted by atomic mass is 35.5. The Hall–Kier alpha value is -1.32. The second-order valence-corrected chi connectivity index (χ2v) is 5.73. The molecule has 0 radical (unpaired) electrons. The van der Waals surface area contributed by atoms with E-state index in [1.807, 2.05) is 36.7 Å². The van der Waals surface area contributed by atoms with Crippen molar-refractivity contribution in [3.05, 3.63) is 57.2 Å². The Balaban J connectivity index is 1.85. The largest absolute Gasteiger partial charge is 0.341 e. The standard InChI is InChI=1S/C15H16ClNOS/c1-17(10-13-3-2-4-14(16)9-13)15(18)6-5-12-7-8-19-11-12/h2-4,7-9,11H,5-6,10H2,1H3. The molecule has 19 heavy (non-hydrogen) atoms. The van der Waals surface area contributed by atoms with Crippen LogP contribution in [0.15, 0.2) is 41.1 Å². The third kappa shape index (κ3) is 4.37. The third-order valence-corrected chi connectivity index (χ3v) is 3.91. The molecule has 2 rings (SSSR count). The molecule has 0 unspecified atom stereocenters. The van der Waals surface area contributed by atoms with E-state index in [-0.39, 0.29) is 5.91 Å². The van der Waals surface area contributed by atoms with Gasteiger partial charge in [0, 0.05) is 25.0 Å². The van der Waals surface area contributed by atoms with Gasteiger partial charge in [-0.1, -0.05) is 23.7 Å². The minimum Gasteiger partial charge on any atom is -0.341 e. The molecule has 0 saturated heterocycles. The van der Waals surface area contributed by atoms with E-state index in [4.69, 9.17) is 11.6 Å². The van der Waals surface area contributed by atoms with Crippen LogP contribution in [0.4, 0.5) is 0 Å². The molecule has 1 aromatic heterocycles. The summed E-state index contributed by atoms with van der Waals surface area (Å²) >= 11 is 7.60. The SMILES string of the molecule is CN(Cc1cccc(Cl)c1)C(=O)CCc1ccsc1. The van der Waals surface area contributed by atoms with E-state index >= 15 is 0 Å². The van der Waals surface area contributed by atoms with Gasteiger partial charge in [0.25, 0.3) is 0 Å². The summed E-state index contributed by atoms with van der Waals surface area (Å²) in [4.78, 5) is 13.8. The Morgan fingerprint density at radius 1 is 1.32 bits per heavy atom. The number of benzene rings is 1. The van der Waals surface area contributed by atoms with Crippen LogP contribution >= 0.6 is 22.9 Å². The monoisotopic (exact) mass is 293 g/mol. The number of hydrogen-bond donors (Lipinski definition) is 0. The number of amides is 1. The summed E-state index contributed by atoms with van der Waals surface area (Å²) in [5.41, 5.74) is 2.29. The Labute approximate surface area is 122 Å². The smallest absolute Gasteiger partial charge is 0.222 e. The topological polar surface area (TPSA) is 20.3 Å². The Morgan fingerprint density at radius 3 is 2.84 bits per heavy atom. The van der Waals surface area contributed by atoms with Crippen LogP contribution in [-0.4, -0.2) is 17.9 Å². The zero-order valence-corrected chi connectivity index (χ0v) is 12.4. The van der Waals surface area contributed by atoms with E-state index in [0.29, 0.717) is 18.0 Å². The number of hydrogen-bond acceptors (Lipinski definition) is 2. The zero-order valence-electron chi connectivity index (χ0n) is 10.8. The second-order valence-electron chi connectivity index (χ2n) is 4.51. The molecule has 0 bridgehead atoms. The predicted molar refractivity (Wildman–Crippen MR) is 80.6 cm³/mol. The van der Waals surface area contributed by atoms with E-state index in [9.17, 15) is 4.79 Å². The number of carbonyl (C=O) groups excluding carboxylic acids is 1. The lowest BCUT2D eigenvalue weighted by Gasteiger charge is -2.17. The Morgan fingerprint density at radius 2 is 2.16 bits per heavy atom. The molecule has 0 N–H and O–H groups in total. The maximum absolute atomic E-state index is 12.0. The van der Waals surface area contributed by atoms with Gasteiger partial charge in [0.05, 0.1) is 0 Å². The number of aryl methyl sites for hydroxylation is 1. The van der Waals surface area contributed by atoms with Gasteiger partial charge in [-0.25, -0.2) is 0 Å². The molecular formula is C15H16ClNOS. The minimum absolute atomic E-state index is 0.158. The first-order chi connectivity index (χ1) is 9.15. The first-order valence-corrected chi connectivity index (χ1v) is 7.47. The molecule has 1 heterocycles. The summed E-state index contributed by atoms with van der Waals surface area (Å²) < 4.78 is 0. The average Bonchev–Trinajstić information content (AvgIpc) is 2.89. The molecule has 1 aromatic carbocycles. The highest BCUT2D eigenvalue weighted by Crippen LogP contribution is 2.13. The van der Waals surface area contributed by atoms with Crippen molar-refractivity contribution in [2.24, 2.45) is 0 Å². The number of nitrogens with zero attached hydrogens (tertiary/aromatic N) is 1. The van der Waals surface area contributed by atoms with Crippen molar-refractivity contribution in [2.45, 2.75) is 19.4 Å². The van der Waals surface area contributed by atoms with Gasteiger partial charge in [0.15, 0.2) is 0 Å². The summed E-state index contributed by atoms with van der Waals surface area (Å²) in [6.45, 7) is 0.600. The molecule has 0 aliphatic heterocycles. The van der Waals surface area contributed by atoms with Gasteiger partial charge < -0.3 is 4.90 Å². The lowest BCUT2D eigenvalue weighted by Crippen LogP contribution is -2.26. The quantitative estimate of drug-likeness (QED) is 0.816. The van der Waals surface area contributed by atoms with E-state index < -0.39 is 0 Å². The van der Waals surface area contributed by atoms with Crippen molar-refractivity contribution in [3.63, 3.8) is 0 Å². The molecule has 0 aliphatic carbocycles. The third-order valence-electron chi connectivity index (χ3n) is 2.94. The fourth-order valence-electron chi connectivity index (χ4n) is 1.87. The zero-order chi connectivity index (χ0) is 13.7. The van der Waals surface area contributed by atoms with Crippen LogP contribution in [0, 0.1) is 0 Å². The van der Waals surface area contributed by atoms with Crippen LogP contribution in [0.25, 0.3) is 0 Å². The van der Waals surface area contributed by atoms with Gasteiger partial charge >= 0.3 is 0 Å². The lowest BCUT2D eigenvalue weighted by atomic mass is 10.1. The average molecular weight is 294 g/mol. The van der Waals surface area contributed by atoms with Gasteiger partial charge in [-0.2, -0.15) is 11.3 Å². The minimum atomic E-state index is 0.158. The number of rotatable bonds is 5. The molecule has 4 heteroatoms. The van der Waals surface area contributed by atoms with E-state index in [0.717, 1.165) is 12.0 Å². The summed E-state index contributed by atoms with van der Waals surface area (Å²) in [5.74, 6) is 0.158. The highest BCUT2D eigenvalue weighted by molar-refractivity contribution is 7.07. The summed E-state index contributed by atoms with van der Waals surface area (Å²) in [5, 5.41) is 4.83. The van der Waals surface area contributed by atoms with Gasteiger partial charge in [-0.3, -0.25) is 4.79 Å². The van der Waals surface area contributed by atoms with Crippen molar-refractivity contribution >= 4 is 28.8 Å². The van der Waals surface area contributed by atoms with Crippen LogP contribution in [0.3, 0.4) is 0 Å². The number of thiophene rings is 1.